The largest absolute Gasteiger partial charge is 0.377 e. The molecule has 2 nitrogen and oxygen atoms in total. The molecule has 1 aliphatic rings. The van der Waals surface area contributed by atoms with E-state index in [1.165, 1.54) is 32.4 Å². The highest BCUT2D eigenvalue weighted by atomic mass is 16.5. The summed E-state index contributed by atoms with van der Waals surface area (Å²) < 4.78 is 5.76. The van der Waals surface area contributed by atoms with Gasteiger partial charge in [0.05, 0.1) is 12.7 Å². The van der Waals surface area contributed by atoms with Crippen LogP contribution in [0.25, 0.3) is 0 Å². The molecule has 0 aliphatic carbocycles. The van der Waals surface area contributed by atoms with Crippen molar-refractivity contribution in [3.8, 4) is 0 Å². The van der Waals surface area contributed by atoms with Crippen LogP contribution in [0.5, 0.6) is 0 Å². The molecule has 0 saturated carbocycles. The predicted octanol–water partition coefficient (Wildman–Crippen LogP) is 2.53. The van der Waals surface area contributed by atoms with Crippen molar-refractivity contribution in [1.29, 1.82) is 0 Å². The van der Waals surface area contributed by atoms with Gasteiger partial charge < -0.3 is 9.64 Å². The van der Waals surface area contributed by atoms with Gasteiger partial charge in [-0.2, -0.15) is 0 Å². The van der Waals surface area contributed by atoms with E-state index in [0.717, 1.165) is 13.2 Å². The van der Waals surface area contributed by atoms with Gasteiger partial charge in [-0.3, -0.25) is 0 Å². The van der Waals surface area contributed by atoms with Gasteiger partial charge in [0.2, 0.25) is 0 Å². The van der Waals surface area contributed by atoms with Crippen LogP contribution in [0.3, 0.4) is 0 Å². The quantitative estimate of drug-likeness (QED) is 0.674. The summed E-state index contributed by atoms with van der Waals surface area (Å²) in [5.41, 5.74) is 0. The number of nitrogens with zero attached hydrogens (tertiary/aromatic N) is 1. The first-order valence-corrected chi connectivity index (χ1v) is 6.04. The lowest BCUT2D eigenvalue weighted by Gasteiger charge is -2.27. The van der Waals surface area contributed by atoms with Gasteiger partial charge in [-0.1, -0.05) is 20.3 Å². The molecule has 1 unspecified atom stereocenters. The summed E-state index contributed by atoms with van der Waals surface area (Å²) in [6.07, 6.45) is 4.57. The summed E-state index contributed by atoms with van der Waals surface area (Å²) >= 11 is 0. The van der Waals surface area contributed by atoms with Gasteiger partial charge in [0.15, 0.2) is 0 Å². The topological polar surface area (TPSA) is 12.5 Å². The second kappa shape index (κ2) is 6.41. The van der Waals surface area contributed by atoms with Crippen molar-refractivity contribution in [1.82, 2.24) is 4.90 Å². The smallest absolute Gasteiger partial charge is 0.0597 e. The lowest BCUT2D eigenvalue weighted by atomic mass is 10.1. The second-order valence-electron chi connectivity index (χ2n) is 4.72. The van der Waals surface area contributed by atoms with E-state index >= 15 is 0 Å². The van der Waals surface area contributed by atoms with Crippen molar-refractivity contribution in [2.45, 2.75) is 46.1 Å². The Kier molecular flexibility index (Phi) is 5.49. The number of ether oxygens (including phenoxy) is 1. The fourth-order valence-corrected chi connectivity index (χ4v) is 1.74. The predicted molar refractivity (Wildman–Crippen MR) is 60.5 cm³/mol. The molecule has 0 amide bonds. The summed E-state index contributed by atoms with van der Waals surface area (Å²) in [7, 11) is 0. The van der Waals surface area contributed by atoms with Crippen molar-refractivity contribution in [3.05, 3.63) is 0 Å². The third kappa shape index (κ3) is 4.43. The molecule has 0 aromatic rings. The van der Waals surface area contributed by atoms with Crippen molar-refractivity contribution < 1.29 is 4.74 Å². The fraction of sp³-hybridized carbons (Fsp3) is 1.00. The Morgan fingerprint density at radius 2 is 1.71 bits per heavy atom. The van der Waals surface area contributed by atoms with E-state index in [4.69, 9.17) is 4.74 Å². The maximum Gasteiger partial charge on any atom is 0.0597 e. The van der Waals surface area contributed by atoms with Gasteiger partial charge in [0.1, 0.15) is 0 Å². The molecule has 0 aromatic heterocycles. The molecule has 0 N–H and O–H groups in total. The van der Waals surface area contributed by atoms with Gasteiger partial charge in [-0.25, -0.2) is 0 Å². The minimum atomic E-state index is 0.403. The van der Waals surface area contributed by atoms with E-state index in [-0.39, 0.29) is 0 Å². The average molecular weight is 199 g/mol. The molecule has 2 heteroatoms. The molecular formula is C12H25NO. The summed E-state index contributed by atoms with van der Waals surface area (Å²) in [5.74, 6) is 0.636. The van der Waals surface area contributed by atoms with Crippen LogP contribution in [0, 0.1) is 5.92 Å². The maximum absolute atomic E-state index is 5.76. The highest BCUT2D eigenvalue weighted by Crippen LogP contribution is 2.09. The number of rotatable bonds is 5. The first kappa shape index (κ1) is 12.0. The second-order valence-corrected chi connectivity index (χ2v) is 4.72. The molecule has 1 rings (SSSR count). The molecule has 0 aromatic carbocycles. The van der Waals surface area contributed by atoms with E-state index in [1.807, 2.05) is 0 Å². The summed E-state index contributed by atoms with van der Waals surface area (Å²) in [5, 5.41) is 0. The first-order valence-electron chi connectivity index (χ1n) is 6.04. The average Bonchev–Trinajstić information content (AvgIpc) is 2.19. The minimum absolute atomic E-state index is 0.403. The van der Waals surface area contributed by atoms with Crippen LogP contribution in [-0.2, 0) is 4.74 Å². The van der Waals surface area contributed by atoms with Crippen molar-refractivity contribution in [3.63, 3.8) is 0 Å². The van der Waals surface area contributed by atoms with Crippen LogP contribution in [0.4, 0.5) is 0 Å². The zero-order valence-corrected chi connectivity index (χ0v) is 9.96. The molecule has 0 radical (unpaired) electrons. The zero-order chi connectivity index (χ0) is 10.4. The normalized spacial score (nSPS) is 21.4. The van der Waals surface area contributed by atoms with E-state index in [2.05, 4.69) is 25.7 Å². The lowest BCUT2D eigenvalue weighted by molar-refractivity contribution is 0.0198. The van der Waals surface area contributed by atoms with Crippen molar-refractivity contribution in [2.75, 3.05) is 26.2 Å². The third-order valence-corrected chi connectivity index (χ3v) is 3.18. The summed E-state index contributed by atoms with van der Waals surface area (Å²) in [4.78, 5) is 2.52. The van der Waals surface area contributed by atoms with Crippen LogP contribution in [0.2, 0.25) is 0 Å². The first-order chi connectivity index (χ1) is 6.70. The SMILES string of the molecule is CC(C)C(C)OCCN1CCCCC1. The molecule has 14 heavy (non-hydrogen) atoms. The number of hydrogen-bond acceptors (Lipinski definition) is 2. The number of likely N-dealkylation sites (tertiary alicyclic amines) is 1. The lowest BCUT2D eigenvalue weighted by Crippen LogP contribution is -2.33. The fourth-order valence-electron chi connectivity index (χ4n) is 1.74. The monoisotopic (exact) mass is 199 g/mol. The molecule has 1 atom stereocenters. The Morgan fingerprint density at radius 1 is 1.07 bits per heavy atom. The zero-order valence-electron chi connectivity index (χ0n) is 9.96. The molecule has 0 bridgehead atoms. The molecule has 1 saturated heterocycles. The molecular weight excluding hydrogens is 174 g/mol. The van der Waals surface area contributed by atoms with E-state index in [1.54, 1.807) is 0 Å². The highest BCUT2D eigenvalue weighted by molar-refractivity contribution is 4.64. The molecule has 0 spiro atoms. The van der Waals surface area contributed by atoms with Gasteiger partial charge in [-0.05, 0) is 38.8 Å². The standard InChI is InChI=1S/C12H25NO/c1-11(2)12(3)14-10-9-13-7-5-4-6-8-13/h11-12H,4-10H2,1-3H3. The molecule has 1 aliphatic heterocycles. The highest BCUT2D eigenvalue weighted by Gasteiger charge is 2.11. The molecule has 1 heterocycles. The van der Waals surface area contributed by atoms with Crippen molar-refractivity contribution in [2.24, 2.45) is 5.92 Å². The Labute approximate surface area is 88.6 Å². The van der Waals surface area contributed by atoms with E-state index < -0.39 is 0 Å². The van der Waals surface area contributed by atoms with Crippen LogP contribution in [-0.4, -0.2) is 37.2 Å². The Morgan fingerprint density at radius 3 is 2.29 bits per heavy atom. The van der Waals surface area contributed by atoms with Gasteiger partial charge >= 0.3 is 0 Å². The molecule has 1 fully saturated rings. The summed E-state index contributed by atoms with van der Waals surface area (Å²) in [6, 6.07) is 0. The number of piperidine rings is 1. The van der Waals surface area contributed by atoms with Crippen LogP contribution >= 0.6 is 0 Å². The number of hydrogen-bond donors (Lipinski definition) is 0. The van der Waals surface area contributed by atoms with Crippen LogP contribution in [0.1, 0.15) is 40.0 Å². The maximum atomic E-state index is 5.76. The van der Waals surface area contributed by atoms with E-state index in [9.17, 15) is 0 Å². The van der Waals surface area contributed by atoms with Crippen LogP contribution in [0.15, 0.2) is 0 Å². The Balaban J connectivity index is 2.02. The minimum Gasteiger partial charge on any atom is -0.377 e. The van der Waals surface area contributed by atoms with E-state index in [0.29, 0.717) is 12.0 Å². The van der Waals surface area contributed by atoms with Gasteiger partial charge in [0, 0.05) is 6.54 Å². The van der Waals surface area contributed by atoms with Crippen LogP contribution < -0.4 is 0 Å². The Hall–Kier alpha value is -0.0800. The van der Waals surface area contributed by atoms with Gasteiger partial charge in [-0.15, -0.1) is 0 Å². The summed E-state index contributed by atoms with van der Waals surface area (Å²) in [6.45, 7) is 11.2. The van der Waals surface area contributed by atoms with Crippen molar-refractivity contribution >= 4 is 0 Å². The Bertz CT molecular complexity index is 141. The third-order valence-electron chi connectivity index (χ3n) is 3.18. The molecule has 84 valence electrons. The van der Waals surface area contributed by atoms with Gasteiger partial charge in [0.25, 0.3) is 0 Å².